The lowest BCUT2D eigenvalue weighted by molar-refractivity contribution is -0.120. The van der Waals surface area contributed by atoms with E-state index in [-0.39, 0.29) is 5.91 Å². The summed E-state index contributed by atoms with van der Waals surface area (Å²) in [5.74, 6) is 0.0959. The number of amides is 1. The van der Waals surface area contributed by atoms with Crippen LogP contribution in [0.2, 0.25) is 0 Å². The van der Waals surface area contributed by atoms with Crippen molar-refractivity contribution in [3.8, 4) is 0 Å². The number of nitrogens with one attached hydrogen (secondary N) is 1. The Labute approximate surface area is 118 Å². The van der Waals surface area contributed by atoms with Crippen molar-refractivity contribution in [1.82, 2.24) is 0 Å². The van der Waals surface area contributed by atoms with Crippen molar-refractivity contribution in [1.29, 1.82) is 0 Å². The average Bonchev–Trinajstić information content (AvgIpc) is 2.90. The summed E-state index contributed by atoms with van der Waals surface area (Å²) in [6.45, 7) is 5.75. The lowest BCUT2D eigenvalue weighted by Gasteiger charge is -2.21. The van der Waals surface area contributed by atoms with Gasteiger partial charge in [0.2, 0.25) is 5.91 Å². The van der Waals surface area contributed by atoms with E-state index in [0.29, 0.717) is 12.1 Å². The van der Waals surface area contributed by atoms with Crippen molar-refractivity contribution in [2.75, 3.05) is 5.32 Å². The average molecular weight is 266 g/mol. The standard InChI is InChI=1S/C17H18N2O/c1-3-13(18)8-12-10-17(9-11(12)2)14-6-4-5-7-15(14)19-16(17)20/h3-8H,1,9-10,18H2,2H3,(H,19,20)/b13-8+. The molecule has 2 aliphatic rings. The summed E-state index contributed by atoms with van der Waals surface area (Å²) in [6.07, 6.45) is 5.03. The van der Waals surface area contributed by atoms with E-state index in [0.717, 1.165) is 23.2 Å². The van der Waals surface area contributed by atoms with E-state index in [1.54, 1.807) is 6.08 Å². The van der Waals surface area contributed by atoms with Crippen molar-refractivity contribution in [3.63, 3.8) is 0 Å². The molecule has 1 atom stereocenters. The molecule has 1 spiro atoms. The Morgan fingerprint density at radius 3 is 2.90 bits per heavy atom. The van der Waals surface area contributed by atoms with Crippen LogP contribution >= 0.6 is 0 Å². The van der Waals surface area contributed by atoms with E-state index in [1.807, 2.05) is 30.3 Å². The topological polar surface area (TPSA) is 55.1 Å². The molecule has 102 valence electrons. The van der Waals surface area contributed by atoms with Crippen LogP contribution in [-0.4, -0.2) is 5.91 Å². The van der Waals surface area contributed by atoms with Gasteiger partial charge in [-0.05, 0) is 49.1 Å². The molecule has 1 aliphatic carbocycles. The van der Waals surface area contributed by atoms with Crippen LogP contribution in [0.5, 0.6) is 0 Å². The number of hydrogen-bond acceptors (Lipinski definition) is 2. The van der Waals surface area contributed by atoms with Crippen LogP contribution in [0, 0.1) is 0 Å². The van der Waals surface area contributed by atoms with Gasteiger partial charge < -0.3 is 11.1 Å². The fourth-order valence-electron chi connectivity index (χ4n) is 3.26. The molecule has 3 rings (SSSR count). The van der Waals surface area contributed by atoms with Gasteiger partial charge in [0.1, 0.15) is 0 Å². The van der Waals surface area contributed by atoms with Gasteiger partial charge in [-0.1, -0.05) is 30.4 Å². The lowest BCUT2D eigenvalue weighted by atomic mass is 9.78. The van der Waals surface area contributed by atoms with Crippen LogP contribution in [0.15, 0.2) is 59.8 Å². The van der Waals surface area contributed by atoms with E-state index in [4.69, 9.17) is 5.73 Å². The number of carbonyl (C=O) groups is 1. The van der Waals surface area contributed by atoms with Gasteiger partial charge in [-0.25, -0.2) is 0 Å². The normalized spacial score (nSPS) is 25.1. The number of para-hydroxylation sites is 1. The predicted octanol–water partition coefficient (Wildman–Crippen LogP) is 3.02. The number of nitrogens with two attached hydrogens (primary N) is 1. The summed E-state index contributed by atoms with van der Waals surface area (Å²) < 4.78 is 0. The van der Waals surface area contributed by atoms with Crippen LogP contribution in [0.4, 0.5) is 5.69 Å². The zero-order valence-corrected chi connectivity index (χ0v) is 11.6. The zero-order chi connectivity index (χ0) is 14.3. The van der Waals surface area contributed by atoms with Crippen LogP contribution < -0.4 is 11.1 Å². The first kappa shape index (κ1) is 12.7. The van der Waals surface area contributed by atoms with E-state index in [2.05, 4.69) is 18.8 Å². The van der Waals surface area contributed by atoms with Gasteiger partial charge in [-0.3, -0.25) is 4.79 Å². The molecule has 0 radical (unpaired) electrons. The van der Waals surface area contributed by atoms with Gasteiger partial charge in [-0.15, -0.1) is 0 Å². The second kappa shape index (κ2) is 4.37. The second-order valence-corrected chi connectivity index (χ2v) is 5.59. The van der Waals surface area contributed by atoms with Crippen molar-refractivity contribution in [2.24, 2.45) is 5.73 Å². The number of fused-ring (bicyclic) bond motifs is 2. The molecular weight excluding hydrogens is 248 g/mol. The number of allylic oxidation sites excluding steroid dienone is 4. The minimum absolute atomic E-state index is 0.0959. The smallest absolute Gasteiger partial charge is 0.235 e. The molecule has 0 saturated carbocycles. The molecule has 0 bridgehead atoms. The third-order valence-electron chi connectivity index (χ3n) is 4.31. The van der Waals surface area contributed by atoms with Crippen LogP contribution in [0.3, 0.4) is 0 Å². The molecule has 1 aromatic carbocycles. The Morgan fingerprint density at radius 1 is 1.40 bits per heavy atom. The highest BCUT2D eigenvalue weighted by Crippen LogP contribution is 2.51. The second-order valence-electron chi connectivity index (χ2n) is 5.59. The fraction of sp³-hybridized carbons (Fsp3) is 0.235. The summed E-state index contributed by atoms with van der Waals surface area (Å²) in [4.78, 5) is 12.5. The highest BCUT2D eigenvalue weighted by Gasteiger charge is 2.49. The van der Waals surface area contributed by atoms with Gasteiger partial charge >= 0.3 is 0 Å². The Kier molecular flexibility index (Phi) is 2.78. The molecule has 3 N–H and O–H groups in total. The minimum Gasteiger partial charge on any atom is -0.399 e. The van der Waals surface area contributed by atoms with Gasteiger partial charge in [0.05, 0.1) is 5.41 Å². The highest BCUT2D eigenvalue weighted by molar-refractivity contribution is 6.07. The predicted molar refractivity (Wildman–Crippen MR) is 81.2 cm³/mol. The van der Waals surface area contributed by atoms with Crippen molar-refractivity contribution in [3.05, 3.63) is 65.4 Å². The summed E-state index contributed by atoms with van der Waals surface area (Å²) in [5, 5.41) is 3.00. The van der Waals surface area contributed by atoms with Crippen molar-refractivity contribution < 1.29 is 4.79 Å². The number of carbonyl (C=O) groups excluding carboxylic acids is 1. The first-order chi connectivity index (χ1) is 9.56. The van der Waals surface area contributed by atoms with Crippen molar-refractivity contribution in [2.45, 2.75) is 25.2 Å². The van der Waals surface area contributed by atoms with E-state index >= 15 is 0 Å². The zero-order valence-electron chi connectivity index (χ0n) is 11.6. The first-order valence-corrected chi connectivity index (χ1v) is 6.76. The number of benzene rings is 1. The Morgan fingerprint density at radius 2 is 2.15 bits per heavy atom. The molecule has 3 heteroatoms. The Balaban J connectivity index is 2.02. The maximum absolute atomic E-state index is 12.5. The minimum atomic E-state index is -0.450. The Hall–Kier alpha value is -2.29. The molecule has 0 fully saturated rings. The van der Waals surface area contributed by atoms with Gasteiger partial charge in [0.25, 0.3) is 0 Å². The molecule has 1 aliphatic heterocycles. The molecule has 1 unspecified atom stereocenters. The summed E-state index contributed by atoms with van der Waals surface area (Å²) in [5.41, 5.74) is 10.4. The summed E-state index contributed by atoms with van der Waals surface area (Å²) in [6, 6.07) is 7.94. The lowest BCUT2D eigenvalue weighted by Crippen LogP contribution is -2.32. The van der Waals surface area contributed by atoms with Gasteiger partial charge in [0, 0.05) is 11.4 Å². The molecular formula is C17H18N2O. The summed E-state index contributed by atoms with van der Waals surface area (Å²) in [7, 11) is 0. The number of hydrogen-bond donors (Lipinski definition) is 2. The maximum atomic E-state index is 12.5. The van der Waals surface area contributed by atoms with Crippen LogP contribution in [0.25, 0.3) is 0 Å². The number of anilines is 1. The first-order valence-electron chi connectivity index (χ1n) is 6.76. The SMILES string of the molecule is C=C/C(N)=C\C1=C(C)CC2(C1)C(=O)Nc1ccccc12. The van der Waals surface area contributed by atoms with Crippen molar-refractivity contribution >= 4 is 11.6 Å². The summed E-state index contributed by atoms with van der Waals surface area (Å²) >= 11 is 0. The largest absolute Gasteiger partial charge is 0.399 e. The maximum Gasteiger partial charge on any atom is 0.235 e. The van der Waals surface area contributed by atoms with E-state index in [9.17, 15) is 4.79 Å². The molecule has 20 heavy (non-hydrogen) atoms. The Bertz CT molecular complexity index is 669. The van der Waals surface area contributed by atoms with E-state index in [1.165, 1.54) is 5.57 Å². The molecule has 0 saturated heterocycles. The number of rotatable bonds is 2. The molecule has 1 amide bonds. The van der Waals surface area contributed by atoms with Crippen LogP contribution in [-0.2, 0) is 10.2 Å². The monoisotopic (exact) mass is 266 g/mol. The molecule has 0 aromatic heterocycles. The molecule has 1 heterocycles. The molecule has 1 aromatic rings. The van der Waals surface area contributed by atoms with Crippen LogP contribution in [0.1, 0.15) is 25.3 Å². The quantitative estimate of drug-likeness (QED) is 0.808. The fourth-order valence-corrected chi connectivity index (χ4v) is 3.26. The third-order valence-corrected chi connectivity index (χ3v) is 4.31. The van der Waals surface area contributed by atoms with Gasteiger partial charge in [0.15, 0.2) is 0 Å². The third kappa shape index (κ3) is 1.70. The van der Waals surface area contributed by atoms with Gasteiger partial charge in [-0.2, -0.15) is 0 Å². The molecule has 3 nitrogen and oxygen atoms in total. The highest BCUT2D eigenvalue weighted by atomic mass is 16.2. The van der Waals surface area contributed by atoms with E-state index < -0.39 is 5.41 Å².